The molecule has 0 radical (unpaired) electrons. The predicted octanol–water partition coefficient (Wildman–Crippen LogP) is 4.98. The Bertz CT molecular complexity index is 1730. The molecule has 0 N–H and O–H groups in total. The molecule has 1 saturated carbocycles. The number of fused-ring (bicyclic) bond motifs is 2. The Morgan fingerprint density at radius 1 is 1.00 bits per heavy atom. The lowest BCUT2D eigenvalue weighted by molar-refractivity contribution is 0.0218. The third kappa shape index (κ3) is 4.47. The Balaban J connectivity index is 1.47. The van der Waals surface area contributed by atoms with E-state index in [-0.39, 0.29) is 34.3 Å². The average Bonchev–Trinajstić information content (AvgIpc) is 3.60. The highest BCUT2D eigenvalue weighted by molar-refractivity contribution is 7.90. The van der Waals surface area contributed by atoms with Gasteiger partial charge in [0.2, 0.25) is 0 Å². The topological polar surface area (TPSA) is 97.6 Å². The van der Waals surface area contributed by atoms with Crippen molar-refractivity contribution >= 4 is 33.0 Å². The van der Waals surface area contributed by atoms with Gasteiger partial charge in [0.1, 0.15) is 23.6 Å². The molecule has 208 valence electrons. The number of amides is 1. The molecule has 9 nitrogen and oxygen atoms in total. The first-order valence-electron chi connectivity index (χ1n) is 13.2. The number of rotatable bonds is 4. The molecule has 2 fully saturated rings. The van der Waals surface area contributed by atoms with Gasteiger partial charge in [-0.05, 0) is 52.3 Å². The van der Waals surface area contributed by atoms with Crippen LogP contribution in [0.1, 0.15) is 32.8 Å². The first kappa shape index (κ1) is 26.2. The summed E-state index contributed by atoms with van der Waals surface area (Å²) in [6, 6.07) is 12.7. The molecule has 1 aliphatic carbocycles. The minimum Gasteiger partial charge on any atom is -0.444 e. The van der Waals surface area contributed by atoms with E-state index < -0.39 is 21.4 Å². The number of anilines is 1. The third-order valence-electron chi connectivity index (χ3n) is 7.28. The fraction of sp³-hybridized carbons (Fsp3) is 0.345. The van der Waals surface area contributed by atoms with E-state index in [1.54, 1.807) is 47.4 Å². The Kier molecular flexibility index (Phi) is 6.10. The van der Waals surface area contributed by atoms with Crippen LogP contribution >= 0.6 is 0 Å². The lowest BCUT2D eigenvalue weighted by Crippen LogP contribution is -2.50. The highest BCUT2D eigenvalue weighted by atomic mass is 32.2. The van der Waals surface area contributed by atoms with E-state index in [9.17, 15) is 13.2 Å². The molecule has 0 bridgehead atoms. The van der Waals surface area contributed by atoms with Crippen molar-refractivity contribution in [3.05, 3.63) is 72.4 Å². The van der Waals surface area contributed by atoms with Crippen molar-refractivity contribution in [2.75, 3.05) is 18.0 Å². The van der Waals surface area contributed by atoms with Gasteiger partial charge in [0, 0.05) is 30.4 Å². The second-order valence-corrected chi connectivity index (χ2v) is 13.1. The summed E-state index contributed by atoms with van der Waals surface area (Å²) in [6.07, 6.45) is 3.14. The number of aryl methyl sites for hydroxylation is 1. The molecular formula is C29H30FN5O4S. The zero-order valence-corrected chi connectivity index (χ0v) is 23.5. The molecule has 2 aromatic heterocycles. The SMILES string of the molecule is Cc1ccc(S(=O)(=O)n2cc(-c3ccccc3F)c3c(N4CCN(C(=O)OC(C)(C)C)C5CC54)ncnc32)cc1. The minimum atomic E-state index is -4.05. The van der Waals surface area contributed by atoms with Crippen molar-refractivity contribution in [2.24, 2.45) is 0 Å². The van der Waals surface area contributed by atoms with Crippen LogP contribution in [0.2, 0.25) is 0 Å². The second-order valence-electron chi connectivity index (χ2n) is 11.3. The van der Waals surface area contributed by atoms with Crippen LogP contribution in [0, 0.1) is 12.7 Å². The van der Waals surface area contributed by atoms with Crippen molar-refractivity contribution in [3.63, 3.8) is 0 Å². The standard InChI is InChI=1S/C29H30FN5O4S/c1-18-9-11-19(12-10-18)40(37,38)35-16-21(20-7-5-6-8-22(20)30)25-26(31-17-32-27(25)35)33-13-14-34(24-15-23(24)33)28(36)39-29(2,3)4/h5-12,16-17,23-24H,13-15H2,1-4H3. The molecule has 40 heavy (non-hydrogen) atoms. The summed E-state index contributed by atoms with van der Waals surface area (Å²) in [4.78, 5) is 25.7. The van der Waals surface area contributed by atoms with Crippen molar-refractivity contribution < 1.29 is 22.3 Å². The molecule has 1 saturated heterocycles. The number of benzene rings is 2. The molecule has 2 unspecified atom stereocenters. The van der Waals surface area contributed by atoms with Gasteiger partial charge in [0.25, 0.3) is 10.0 Å². The van der Waals surface area contributed by atoms with Crippen LogP contribution in [-0.4, -0.2) is 64.1 Å². The highest BCUT2D eigenvalue weighted by Gasteiger charge is 2.52. The van der Waals surface area contributed by atoms with Crippen LogP contribution in [0.5, 0.6) is 0 Å². The summed E-state index contributed by atoms with van der Waals surface area (Å²) in [7, 11) is -4.05. The van der Waals surface area contributed by atoms with Crippen molar-refractivity contribution in [1.29, 1.82) is 0 Å². The van der Waals surface area contributed by atoms with E-state index in [0.717, 1.165) is 16.0 Å². The summed E-state index contributed by atoms with van der Waals surface area (Å²) >= 11 is 0. The molecule has 1 aliphatic heterocycles. The van der Waals surface area contributed by atoms with Gasteiger partial charge in [-0.1, -0.05) is 35.9 Å². The molecule has 6 rings (SSSR count). The first-order valence-corrected chi connectivity index (χ1v) is 14.6. The van der Waals surface area contributed by atoms with Gasteiger partial charge in [-0.3, -0.25) is 0 Å². The molecule has 2 aliphatic rings. The van der Waals surface area contributed by atoms with Crippen molar-refractivity contribution in [3.8, 4) is 11.1 Å². The predicted molar refractivity (Wildman–Crippen MR) is 149 cm³/mol. The first-order chi connectivity index (χ1) is 19.0. The molecule has 4 aromatic rings. The smallest absolute Gasteiger partial charge is 0.410 e. The van der Waals surface area contributed by atoms with Gasteiger partial charge in [-0.15, -0.1) is 0 Å². The Morgan fingerprint density at radius 3 is 2.42 bits per heavy atom. The van der Waals surface area contributed by atoms with Crippen LogP contribution in [0.25, 0.3) is 22.2 Å². The molecule has 1 amide bonds. The monoisotopic (exact) mass is 563 g/mol. The number of halogens is 1. The number of hydrogen-bond acceptors (Lipinski definition) is 7. The maximum Gasteiger partial charge on any atom is 0.410 e. The number of hydrogen-bond donors (Lipinski definition) is 0. The number of piperazine rings is 1. The van der Waals surface area contributed by atoms with Gasteiger partial charge < -0.3 is 14.5 Å². The van der Waals surface area contributed by atoms with Gasteiger partial charge >= 0.3 is 6.09 Å². The zero-order chi connectivity index (χ0) is 28.4. The maximum absolute atomic E-state index is 15.1. The number of carbonyl (C=O) groups is 1. The maximum atomic E-state index is 15.1. The van der Waals surface area contributed by atoms with Gasteiger partial charge in [-0.25, -0.2) is 31.5 Å². The van der Waals surface area contributed by atoms with E-state index in [2.05, 4.69) is 14.9 Å². The summed E-state index contributed by atoms with van der Waals surface area (Å²) in [5.74, 6) is 0.0283. The van der Waals surface area contributed by atoms with E-state index in [4.69, 9.17) is 4.74 Å². The van der Waals surface area contributed by atoms with E-state index >= 15 is 4.39 Å². The fourth-order valence-electron chi connectivity index (χ4n) is 5.32. The third-order valence-corrected chi connectivity index (χ3v) is 8.94. The molecule has 3 heterocycles. The molecular weight excluding hydrogens is 533 g/mol. The summed E-state index contributed by atoms with van der Waals surface area (Å²) < 4.78 is 49.5. The molecule has 2 atom stereocenters. The number of nitrogens with zero attached hydrogens (tertiary/aromatic N) is 5. The summed E-state index contributed by atoms with van der Waals surface area (Å²) in [5, 5.41) is 0.444. The van der Waals surface area contributed by atoms with Crippen LogP contribution in [-0.2, 0) is 14.8 Å². The van der Waals surface area contributed by atoms with Gasteiger partial charge in [0.15, 0.2) is 5.65 Å². The van der Waals surface area contributed by atoms with E-state index in [0.29, 0.717) is 29.9 Å². The minimum absolute atomic E-state index is 0.0232. The lowest BCUT2D eigenvalue weighted by atomic mass is 10.1. The largest absolute Gasteiger partial charge is 0.444 e. The molecule has 11 heteroatoms. The molecule has 0 spiro atoms. The fourth-order valence-corrected chi connectivity index (χ4v) is 6.64. The second kappa shape index (κ2) is 9.29. The van der Waals surface area contributed by atoms with E-state index in [1.807, 2.05) is 27.7 Å². The van der Waals surface area contributed by atoms with Crippen LogP contribution in [0.3, 0.4) is 0 Å². The number of aromatic nitrogens is 3. The average molecular weight is 564 g/mol. The van der Waals surface area contributed by atoms with Crippen LogP contribution in [0.4, 0.5) is 15.0 Å². The Hall–Kier alpha value is -3.99. The Labute approximate surface area is 232 Å². The van der Waals surface area contributed by atoms with Crippen molar-refractivity contribution in [2.45, 2.75) is 56.7 Å². The van der Waals surface area contributed by atoms with Crippen LogP contribution in [0.15, 0.2) is 66.0 Å². The number of carbonyl (C=O) groups excluding carboxylic acids is 1. The van der Waals surface area contributed by atoms with Gasteiger partial charge in [0.05, 0.1) is 22.4 Å². The zero-order valence-electron chi connectivity index (χ0n) is 22.7. The normalized spacial score (nSPS) is 19.0. The van der Waals surface area contributed by atoms with Crippen molar-refractivity contribution in [1.82, 2.24) is 18.8 Å². The quantitative estimate of drug-likeness (QED) is 0.345. The summed E-state index contributed by atoms with van der Waals surface area (Å²) in [6.45, 7) is 8.26. The Morgan fingerprint density at radius 2 is 1.73 bits per heavy atom. The van der Waals surface area contributed by atoms with Gasteiger partial charge in [-0.2, -0.15) is 0 Å². The molecule has 2 aromatic carbocycles. The highest BCUT2D eigenvalue weighted by Crippen LogP contribution is 2.44. The summed E-state index contributed by atoms with van der Waals surface area (Å²) in [5.41, 5.74) is 1.12. The van der Waals surface area contributed by atoms with Crippen LogP contribution < -0.4 is 4.90 Å². The lowest BCUT2D eigenvalue weighted by Gasteiger charge is -2.36. The number of ether oxygens (including phenoxy) is 1. The van der Waals surface area contributed by atoms with E-state index in [1.165, 1.54) is 18.6 Å².